The van der Waals surface area contributed by atoms with Crippen LogP contribution in [0, 0.1) is 0 Å². The SMILES string of the molecule is C[C@@]12C[C@@H](c3ccccc3O1)n1c(N)nc(=O)n12. The molecular weight excluding hydrogens is 232 g/mol. The first-order valence-corrected chi connectivity index (χ1v) is 5.86. The van der Waals surface area contributed by atoms with Crippen molar-refractivity contribution in [2.24, 2.45) is 0 Å². The summed E-state index contributed by atoms with van der Waals surface area (Å²) in [6.45, 7) is 1.89. The molecule has 2 aromatic rings. The maximum atomic E-state index is 11.9. The molecule has 92 valence electrons. The third-order valence-electron chi connectivity index (χ3n) is 3.76. The lowest BCUT2D eigenvalue weighted by Crippen LogP contribution is -2.41. The van der Waals surface area contributed by atoms with E-state index in [1.54, 1.807) is 4.68 Å². The number of aromatic nitrogens is 3. The number of nitrogens with zero attached hydrogens (tertiary/aromatic N) is 3. The molecule has 6 heteroatoms. The highest BCUT2D eigenvalue weighted by atomic mass is 16.5. The van der Waals surface area contributed by atoms with E-state index in [4.69, 9.17) is 10.5 Å². The fraction of sp³-hybridized carbons (Fsp3) is 0.333. The summed E-state index contributed by atoms with van der Waals surface area (Å²) in [7, 11) is 0. The Morgan fingerprint density at radius 2 is 2.28 bits per heavy atom. The molecule has 2 aliphatic rings. The van der Waals surface area contributed by atoms with Gasteiger partial charge in [-0.25, -0.2) is 9.48 Å². The number of benzene rings is 1. The molecule has 2 N–H and O–H groups in total. The summed E-state index contributed by atoms with van der Waals surface area (Å²) < 4.78 is 9.24. The molecule has 0 radical (unpaired) electrons. The van der Waals surface area contributed by atoms with Gasteiger partial charge in [-0.1, -0.05) is 18.2 Å². The van der Waals surface area contributed by atoms with Crippen molar-refractivity contribution in [1.29, 1.82) is 0 Å². The number of hydrogen-bond acceptors (Lipinski definition) is 4. The van der Waals surface area contributed by atoms with E-state index >= 15 is 0 Å². The first kappa shape index (κ1) is 9.76. The Morgan fingerprint density at radius 1 is 1.50 bits per heavy atom. The van der Waals surface area contributed by atoms with Crippen LogP contribution in [0.3, 0.4) is 0 Å². The summed E-state index contributed by atoms with van der Waals surface area (Å²) in [4.78, 5) is 15.7. The van der Waals surface area contributed by atoms with Gasteiger partial charge in [-0.2, -0.15) is 9.67 Å². The van der Waals surface area contributed by atoms with E-state index in [1.807, 2.05) is 31.2 Å². The van der Waals surface area contributed by atoms with Crippen LogP contribution in [0.4, 0.5) is 5.95 Å². The van der Waals surface area contributed by atoms with Crippen LogP contribution in [0.25, 0.3) is 0 Å². The number of nitrogens with two attached hydrogens (primary N) is 1. The lowest BCUT2D eigenvalue weighted by Gasteiger charge is -2.30. The van der Waals surface area contributed by atoms with Gasteiger partial charge in [-0.05, 0) is 13.0 Å². The third kappa shape index (κ3) is 0.942. The Bertz CT molecular complexity index is 717. The van der Waals surface area contributed by atoms with E-state index in [2.05, 4.69) is 4.98 Å². The summed E-state index contributed by atoms with van der Waals surface area (Å²) in [6.07, 6.45) is 0.700. The minimum Gasteiger partial charge on any atom is -0.466 e. The van der Waals surface area contributed by atoms with Gasteiger partial charge in [0.1, 0.15) is 5.75 Å². The van der Waals surface area contributed by atoms with Crippen LogP contribution in [-0.4, -0.2) is 14.3 Å². The first-order chi connectivity index (χ1) is 8.60. The van der Waals surface area contributed by atoms with Crippen LogP contribution < -0.4 is 16.2 Å². The zero-order chi connectivity index (χ0) is 12.5. The zero-order valence-electron chi connectivity index (χ0n) is 9.83. The van der Waals surface area contributed by atoms with E-state index in [0.29, 0.717) is 6.42 Å². The highest BCUT2D eigenvalue weighted by molar-refractivity contribution is 5.41. The number of ether oxygens (including phenoxy) is 1. The highest BCUT2D eigenvalue weighted by Gasteiger charge is 2.49. The highest BCUT2D eigenvalue weighted by Crippen LogP contribution is 2.48. The molecule has 3 heterocycles. The minimum atomic E-state index is -0.694. The average Bonchev–Trinajstić information content (AvgIpc) is 2.76. The number of nitrogen functional groups attached to an aromatic ring is 1. The number of fused-ring (bicyclic) bond motifs is 7. The third-order valence-corrected chi connectivity index (χ3v) is 3.76. The van der Waals surface area contributed by atoms with Crippen molar-refractivity contribution in [3.63, 3.8) is 0 Å². The number of anilines is 1. The van der Waals surface area contributed by atoms with E-state index in [9.17, 15) is 4.79 Å². The molecule has 6 nitrogen and oxygen atoms in total. The van der Waals surface area contributed by atoms with Crippen molar-refractivity contribution in [2.45, 2.75) is 25.1 Å². The van der Waals surface area contributed by atoms with Crippen LogP contribution >= 0.6 is 0 Å². The molecule has 0 unspecified atom stereocenters. The summed E-state index contributed by atoms with van der Waals surface area (Å²) in [6, 6.07) is 7.82. The van der Waals surface area contributed by atoms with Gasteiger partial charge in [-0.15, -0.1) is 0 Å². The molecular formula is C12H12N4O2. The van der Waals surface area contributed by atoms with Gasteiger partial charge in [0.25, 0.3) is 0 Å². The lowest BCUT2D eigenvalue weighted by molar-refractivity contribution is 0.000788. The Morgan fingerprint density at radius 3 is 3.11 bits per heavy atom. The van der Waals surface area contributed by atoms with Crippen LogP contribution in [0.1, 0.15) is 24.9 Å². The molecule has 0 aliphatic carbocycles. The topological polar surface area (TPSA) is 75.1 Å². The number of para-hydroxylation sites is 1. The second kappa shape index (κ2) is 2.77. The van der Waals surface area contributed by atoms with Crippen LogP contribution in [-0.2, 0) is 5.72 Å². The summed E-state index contributed by atoms with van der Waals surface area (Å²) in [5.41, 5.74) is 5.84. The van der Waals surface area contributed by atoms with Crippen molar-refractivity contribution in [3.05, 3.63) is 40.3 Å². The molecule has 0 spiro atoms. The molecule has 2 atom stereocenters. The van der Waals surface area contributed by atoms with Crippen molar-refractivity contribution in [2.75, 3.05) is 5.73 Å². The summed E-state index contributed by atoms with van der Waals surface area (Å²) >= 11 is 0. The van der Waals surface area contributed by atoms with Gasteiger partial charge in [0.05, 0.1) is 6.04 Å². The van der Waals surface area contributed by atoms with Gasteiger partial charge in [0.15, 0.2) is 0 Å². The Hall–Kier alpha value is -2.24. The van der Waals surface area contributed by atoms with Crippen LogP contribution in [0.2, 0.25) is 0 Å². The molecule has 0 amide bonds. The smallest absolute Gasteiger partial charge is 0.369 e. The lowest BCUT2D eigenvalue weighted by atomic mass is 9.96. The second-order valence-electron chi connectivity index (χ2n) is 4.94. The van der Waals surface area contributed by atoms with Gasteiger partial charge < -0.3 is 10.5 Å². The Balaban J connectivity index is 2.08. The van der Waals surface area contributed by atoms with Crippen molar-refractivity contribution >= 4 is 5.95 Å². The van der Waals surface area contributed by atoms with E-state index < -0.39 is 5.72 Å². The normalized spacial score (nSPS) is 27.5. The predicted octanol–water partition coefficient (Wildman–Crippen LogP) is 0.685. The Labute approximate surface area is 103 Å². The molecule has 0 fully saturated rings. The van der Waals surface area contributed by atoms with Gasteiger partial charge in [0.2, 0.25) is 11.7 Å². The molecule has 2 aliphatic heterocycles. The van der Waals surface area contributed by atoms with Crippen LogP contribution in [0.5, 0.6) is 5.75 Å². The molecule has 0 saturated carbocycles. The molecule has 18 heavy (non-hydrogen) atoms. The second-order valence-corrected chi connectivity index (χ2v) is 4.94. The molecule has 4 rings (SSSR count). The van der Waals surface area contributed by atoms with Gasteiger partial charge in [-0.3, -0.25) is 0 Å². The Kier molecular flexibility index (Phi) is 1.50. The maximum Gasteiger partial charge on any atom is 0.369 e. The van der Waals surface area contributed by atoms with E-state index in [-0.39, 0.29) is 17.7 Å². The molecule has 0 saturated heterocycles. The van der Waals surface area contributed by atoms with Crippen molar-refractivity contribution in [3.8, 4) is 5.75 Å². The van der Waals surface area contributed by atoms with Crippen molar-refractivity contribution < 1.29 is 4.74 Å². The summed E-state index contributed by atoms with van der Waals surface area (Å²) in [5, 5.41) is 0. The van der Waals surface area contributed by atoms with Crippen molar-refractivity contribution in [1.82, 2.24) is 14.3 Å². The molecule has 1 aromatic heterocycles. The van der Waals surface area contributed by atoms with E-state index in [1.165, 1.54) is 4.68 Å². The largest absolute Gasteiger partial charge is 0.466 e. The summed E-state index contributed by atoms with van der Waals surface area (Å²) in [5.74, 6) is 1.06. The van der Waals surface area contributed by atoms with Crippen LogP contribution in [0.15, 0.2) is 29.1 Å². The van der Waals surface area contributed by atoms with Gasteiger partial charge in [0, 0.05) is 12.0 Å². The fourth-order valence-corrected chi connectivity index (χ4v) is 3.06. The monoisotopic (exact) mass is 244 g/mol. The van der Waals surface area contributed by atoms with E-state index in [0.717, 1.165) is 11.3 Å². The predicted molar refractivity (Wildman–Crippen MR) is 64.4 cm³/mol. The fourth-order valence-electron chi connectivity index (χ4n) is 3.06. The molecule has 1 aromatic carbocycles. The van der Waals surface area contributed by atoms with Gasteiger partial charge >= 0.3 is 5.69 Å². The number of hydrogen-bond donors (Lipinski definition) is 1. The molecule has 2 bridgehead atoms. The minimum absolute atomic E-state index is 0.0233. The quantitative estimate of drug-likeness (QED) is 0.739. The standard InChI is InChI=1S/C12H12N4O2/c1-12-6-8(7-4-2-3-5-9(7)18-12)15-10(13)14-11(17)16(12)15/h2-5,8H,6H2,1H3,(H2,13,14,17)/t8-,12-/m0/s1. The zero-order valence-corrected chi connectivity index (χ0v) is 9.83. The number of rotatable bonds is 0. The maximum absolute atomic E-state index is 11.9. The average molecular weight is 244 g/mol. The first-order valence-electron chi connectivity index (χ1n) is 5.86.